The Morgan fingerprint density at radius 1 is 1.37 bits per heavy atom. The van der Waals surface area contributed by atoms with Crippen molar-refractivity contribution in [3.8, 4) is 0 Å². The number of nitrogens with zero attached hydrogens (tertiary/aromatic N) is 2. The van der Waals surface area contributed by atoms with Crippen LogP contribution >= 0.6 is 0 Å². The average molecular weight is 265 g/mol. The molecule has 0 bridgehead atoms. The minimum Gasteiger partial charge on any atom is -0.324 e. The average Bonchev–Trinajstić information content (AvgIpc) is 2.76. The molecular weight excluding hydrogens is 248 g/mol. The van der Waals surface area contributed by atoms with Crippen LogP contribution in [0.3, 0.4) is 0 Å². The number of aryl methyl sites for hydroxylation is 2. The molecule has 0 aliphatic rings. The lowest BCUT2D eigenvalue weighted by molar-refractivity contribution is 0.494. The number of rotatable bonds is 4. The van der Waals surface area contributed by atoms with Crippen LogP contribution in [0.4, 0.5) is 8.78 Å². The zero-order valence-electron chi connectivity index (χ0n) is 11.0. The summed E-state index contributed by atoms with van der Waals surface area (Å²) in [5.74, 6) is -1.66. The number of hydrogen-bond donors (Lipinski definition) is 1. The maximum atomic E-state index is 13.6. The first-order valence-electron chi connectivity index (χ1n) is 6.23. The molecule has 0 amide bonds. The minimum atomic E-state index is -0.841. The fraction of sp³-hybridized carbons (Fsp3) is 0.357. The summed E-state index contributed by atoms with van der Waals surface area (Å²) in [4.78, 5) is 0. The van der Waals surface area contributed by atoms with Crippen LogP contribution in [0.25, 0.3) is 0 Å². The molecule has 0 fully saturated rings. The number of nitrogens with two attached hydrogens (primary N) is 1. The van der Waals surface area contributed by atoms with Crippen LogP contribution in [-0.4, -0.2) is 9.78 Å². The molecule has 5 heteroatoms. The van der Waals surface area contributed by atoms with Gasteiger partial charge in [0.2, 0.25) is 0 Å². The molecule has 0 aliphatic carbocycles. The van der Waals surface area contributed by atoms with Gasteiger partial charge in [-0.05, 0) is 24.5 Å². The molecule has 0 spiro atoms. The predicted molar refractivity (Wildman–Crippen MR) is 69.6 cm³/mol. The van der Waals surface area contributed by atoms with Gasteiger partial charge in [-0.15, -0.1) is 0 Å². The van der Waals surface area contributed by atoms with E-state index in [0.717, 1.165) is 23.7 Å². The standard InChI is InChI=1S/C14H17F2N3/c1-3-13-10(8-19(2)18-13)12(17)7-9-5-4-6-11(15)14(9)16/h4-6,8,12H,3,7,17H2,1-2H3. The highest BCUT2D eigenvalue weighted by Gasteiger charge is 2.17. The third-order valence-corrected chi connectivity index (χ3v) is 3.14. The van der Waals surface area contributed by atoms with Crippen molar-refractivity contribution in [1.82, 2.24) is 9.78 Å². The van der Waals surface area contributed by atoms with Crippen LogP contribution in [0.15, 0.2) is 24.4 Å². The maximum absolute atomic E-state index is 13.6. The van der Waals surface area contributed by atoms with Crippen LogP contribution in [-0.2, 0) is 19.9 Å². The van der Waals surface area contributed by atoms with Gasteiger partial charge in [0.05, 0.1) is 5.69 Å². The van der Waals surface area contributed by atoms with Gasteiger partial charge in [-0.3, -0.25) is 4.68 Å². The maximum Gasteiger partial charge on any atom is 0.162 e. The molecule has 1 atom stereocenters. The van der Waals surface area contributed by atoms with Crippen molar-refractivity contribution in [3.63, 3.8) is 0 Å². The van der Waals surface area contributed by atoms with Crippen LogP contribution < -0.4 is 5.73 Å². The SMILES string of the molecule is CCc1nn(C)cc1C(N)Cc1cccc(F)c1F. The number of benzene rings is 1. The Morgan fingerprint density at radius 2 is 2.11 bits per heavy atom. The Bertz CT molecular complexity index is 578. The molecule has 2 aromatic rings. The summed E-state index contributed by atoms with van der Waals surface area (Å²) in [7, 11) is 1.82. The largest absolute Gasteiger partial charge is 0.324 e. The van der Waals surface area contributed by atoms with Crippen LogP contribution in [0.2, 0.25) is 0 Å². The van der Waals surface area contributed by atoms with Crippen molar-refractivity contribution in [1.29, 1.82) is 0 Å². The van der Waals surface area contributed by atoms with E-state index in [1.54, 1.807) is 10.7 Å². The van der Waals surface area contributed by atoms with Crippen molar-refractivity contribution in [2.45, 2.75) is 25.8 Å². The second-order valence-electron chi connectivity index (χ2n) is 4.58. The molecule has 0 saturated carbocycles. The summed E-state index contributed by atoms with van der Waals surface area (Å²) in [5, 5.41) is 4.30. The van der Waals surface area contributed by atoms with E-state index >= 15 is 0 Å². The molecule has 2 rings (SSSR count). The quantitative estimate of drug-likeness (QED) is 0.923. The highest BCUT2D eigenvalue weighted by Crippen LogP contribution is 2.22. The van der Waals surface area contributed by atoms with Crippen molar-refractivity contribution >= 4 is 0 Å². The van der Waals surface area contributed by atoms with E-state index in [1.165, 1.54) is 6.07 Å². The van der Waals surface area contributed by atoms with E-state index < -0.39 is 11.6 Å². The molecule has 1 unspecified atom stereocenters. The van der Waals surface area contributed by atoms with Gasteiger partial charge < -0.3 is 5.73 Å². The van der Waals surface area contributed by atoms with Gasteiger partial charge in [0.15, 0.2) is 11.6 Å². The Labute approximate surface area is 111 Å². The van der Waals surface area contributed by atoms with E-state index in [0.29, 0.717) is 5.56 Å². The predicted octanol–water partition coefficient (Wildman–Crippen LogP) is 2.50. The van der Waals surface area contributed by atoms with Crippen molar-refractivity contribution in [2.24, 2.45) is 12.8 Å². The summed E-state index contributed by atoms with van der Waals surface area (Å²) in [6.07, 6.45) is 2.85. The molecule has 102 valence electrons. The molecule has 3 nitrogen and oxygen atoms in total. The van der Waals surface area contributed by atoms with Gasteiger partial charge >= 0.3 is 0 Å². The van der Waals surface area contributed by atoms with E-state index in [4.69, 9.17) is 5.73 Å². The molecule has 2 N–H and O–H groups in total. The normalized spacial score (nSPS) is 12.7. The van der Waals surface area contributed by atoms with Gasteiger partial charge in [-0.2, -0.15) is 5.10 Å². The summed E-state index contributed by atoms with van der Waals surface area (Å²) in [6, 6.07) is 3.76. The van der Waals surface area contributed by atoms with Crippen molar-refractivity contribution in [3.05, 3.63) is 52.9 Å². The van der Waals surface area contributed by atoms with E-state index in [2.05, 4.69) is 5.10 Å². The molecule has 0 radical (unpaired) electrons. The van der Waals surface area contributed by atoms with Gasteiger partial charge in [0, 0.05) is 24.8 Å². The van der Waals surface area contributed by atoms with Crippen LogP contribution in [0, 0.1) is 11.6 Å². The number of halogens is 2. The lowest BCUT2D eigenvalue weighted by Gasteiger charge is -2.12. The van der Waals surface area contributed by atoms with Gasteiger partial charge in [-0.25, -0.2) is 8.78 Å². The van der Waals surface area contributed by atoms with Crippen molar-refractivity contribution < 1.29 is 8.78 Å². The van der Waals surface area contributed by atoms with Crippen molar-refractivity contribution in [2.75, 3.05) is 0 Å². The lowest BCUT2D eigenvalue weighted by Crippen LogP contribution is -2.15. The van der Waals surface area contributed by atoms with Crippen LogP contribution in [0.1, 0.15) is 29.8 Å². The van der Waals surface area contributed by atoms with E-state index in [9.17, 15) is 8.78 Å². The summed E-state index contributed by atoms with van der Waals surface area (Å²) in [5.41, 5.74) is 8.16. The summed E-state index contributed by atoms with van der Waals surface area (Å²) in [6.45, 7) is 1.99. The number of hydrogen-bond acceptors (Lipinski definition) is 2. The second kappa shape index (κ2) is 5.48. The third-order valence-electron chi connectivity index (χ3n) is 3.14. The minimum absolute atomic E-state index is 0.252. The molecule has 0 aliphatic heterocycles. The Balaban J connectivity index is 2.25. The summed E-state index contributed by atoms with van der Waals surface area (Å²) < 4.78 is 28.5. The molecule has 1 aromatic heterocycles. The lowest BCUT2D eigenvalue weighted by atomic mass is 9.99. The smallest absolute Gasteiger partial charge is 0.162 e. The zero-order chi connectivity index (χ0) is 14.0. The third kappa shape index (κ3) is 2.81. The summed E-state index contributed by atoms with van der Waals surface area (Å²) >= 11 is 0. The first-order valence-corrected chi connectivity index (χ1v) is 6.23. The fourth-order valence-electron chi connectivity index (χ4n) is 2.19. The first-order chi connectivity index (χ1) is 9.02. The van der Waals surface area contributed by atoms with Gasteiger partial charge in [-0.1, -0.05) is 19.1 Å². The number of aromatic nitrogens is 2. The molecule has 1 aromatic carbocycles. The molecule has 1 heterocycles. The highest BCUT2D eigenvalue weighted by molar-refractivity contribution is 5.26. The van der Waals surface area contributed by atoms with E-state index in [1.807, 2.05) is 20.2 Å². The Hall–Kier alpha value is -1.75. The molecular formula is C14H17F2N3. The second-order valence-corrected chi connectivity index (χ2v) is 4.58. The zero-order valence-corrected chi connectivity index (χ0v) is 11.0. The van der Waals surface area contributed by atoms with Gasteiger partial charge in [0.25, 0.3) is 0 Å². The fourth-order valence-corrected chi connectivity index (χ4v) is 2.19. The first kappa shape index (κ1) is 13.7. The molecule has 0 saturated heterocycles. The Morgan fingerprint density at radius 3 is 2.79 bits per heavy atom. The monoisotopic (exact) mass is 265 g/mol. The van der Waals surface area contributed by atoms with E-state index in [-0.39, 0.29) is 12.5 Å². The molecule has 19 heavy (non-hydrogen) atoms. The highest BCUT2D eigenvalue weighted by atomic mass is 19.2. The Kier molecular flexibility index (Phi) is 3.95. The topological polar surface area (TPSA) is 43.8 Å². The van der Waals surface area contributed by atoms with Gasteiger partial charge in [0.1, 0.15) is 0 Å². The van der Waals surface area contributed by atoms with Crippen LogP contribution in [0.5, 0.6) is 0 Å².